The molecule has 7 nitrogen and oxygen atoms in total. The molecular formula is C21H34IN7. The van der Waals surface area contributed by atoms with Crippen molar-refractivity contribution in [2.45, 2.75) is 26.1 Å². The number of hydrogen-bond acceptors (Lipinski definition) is 4. The summed E-state index contributed by atoms with van der Waals surface area (Å²) in [7, 11) is 4.02. The third kappa shape index (κ3) is 7.27. The minimum atomic E-state index is 0. The molecule has 1 saturated heterocycles. The average molecular weight is 511 g/mol. The Labute approximate surface area is 191 Å². The van der Waals surface area contributed by atoms with Crippen molar-refractivity contribution in [3.05, 3.63) is 53.9 Å². The van der Waals surface area contributed by atoms with Crippen LogP contribution in [0.3, 0.4) is 0 Å². The molecule has 2 heterocycles. The van der Waals surface area contributed by atoms with Gasteiger partial charge in [-0.25, -0.2) is 0 Å². The summed E-state index contributed by atoms with van der Waals surface area (Å²) in [6.45, 7) is 9.23. The molecule has 2 aromatic rings. The number of aromatic nitrogens is 2. The average Bonchev–Trinajstić information content (AvgIpc) is 3.22. The van der Waals surface area contributed by atoms with Crippen LogP contribution in [0.15, 0.2) is 47.7 Å². The van der Waals surface area contributed by atoms with E-state index in [4.69, 9.17) is 0 Å². The lowest BCUT2D eigenvalue weighted by atomic mass is 10.1. The van der Waals surface area contributed by atoms with Crippen LogP contribution >= 0.6 is 24.0 Å². The molecule has 1 aromatic heterocycles. The summed E-state index contributed by atoms with van der Waals surface area (Å²) in [4.78, 5) is 9.32. The predicted molar refractivity (Wildman–Crippen MR) is 130 cm³/mol. The number of aliphatic imine (C=N–C) groups is 1. The number of nitrogens with zero attached hydrogens (tertiary/aromatic N) is 5. The van der Waals surface area contributed by atoms with Crippen molar-refractivity contribution in [2.24, 2.45) is 4.99 Å². The van der Waals surface area contributed by atoms with Gasteiger partial charge in [0.05, 0.1) is 6.54 Å². The molecule has 160 valence electrons. The van der Waals surface area contributed by atoms with Gasteiger partial charge in [0.1, 0.15) is 0 Å². The fourth-order valence-electron chi connectivity index (χ4n) is 3.49. The molecule has 0 amide bonds. The molecule has 1 atom stereocenters. The van der Waals surface area contributed by atoms with E-state index in [1.54, 1.807) is 0 Å². The number of nitrogens with one attached hydrogen (secondary N) is 2. The van der Waals surface area contributed by atoms with Gasteiger partial charge in [-0.1, -0.05) is 24.3 Å². The zero-order valence-electron chi connectivity index (χ0n) is 17.7. The first-order valence-electron chi connectivity index (χ1n) is 10.1. The minimum absolute atomic E-state index is 0. The molecule has 1 aliphatic heterocycles. The van der Waals surface area contributed by atoms with Gasteiger partial charge >= 0.3 is 0 Å². The van der Waals surface area contributed by atoms with Gasteiger partial charge in [-0.3, -0.25) is 14.6 Å². The number of halogens is 1. The zero-order chi connectivity index (χ0) is 19.8. The Kier molecular flexibility index (Phi) is 9.89. The summed E-state index contributed by atoms with van der Waals surface area (Å²) < 4.78 is 1.95. The summed E-state index contributed by atoms with van der Waals surface area (Å²) in [6.07, 6.45) is 3.80. The van der Waals surface area contributed by atoms with Crippen LogP contribution in [-0.2, 0) is 13.1 Å². The molecule has 0 aliphatic carbocycles. The lowest BCUT2D eigenvalue weighted by molar-refractivity contribution is 0.120. The highest BCUT2D eigenvalue weighted by Gasteiger charge is 2.19. The van der Waals surface area contributed by atoms with Crippen molar-refractivity contribution in [1.29, 1.82) is 0 Å². The Balaban J connectivity index is 0.00000300. The quantitative estimate of drug-likeness (QED) is 0.338. The smallest absolute Gasteiger partial charge is 0.191 e. The van der Waals surface area contributed by atoms with Gasteiger partial charge in [0.2, 0.25) is 0 Å². The van der Waals surface area contributed by atoms with Gasteiger partial charge in [-0.2, -0.15) is 5.10 Å². The zero-order valence-corrected chi connectivity index (χ0v) is 20.0. The van der Waals surface area contributed by atoms with Crippen molar-refractivity contribution < 1.29 is 0 Å². The second-order valence-corrected chi connectivity index (χ2v) is 7.47. The molecule has 2 N–H and O–H groups in total. The molecule has 1 aromatic carbocycles. The van der Waals surface area contributed by atoms with Crippen LogP contribution in [-0.4, -0.2) is 78.4 Å². The largest absolute Gasteiger partial charge is 0.355 e. The van der Waals surface area contributed by atoms with E-state index in [2.05, 4.69) is 68.8 Å². The Morgan fingerprint density at radius 3 is 2.48 bits per heavy atom. The maximum absolute atomic E-state index is 4.39. The van der Waals surface area contributed by atoms with E-state index < -0.39 is 0 Å². The van der Waals surface area contributed by atoms with Gasteiger partial charge < -0.3 is 15.5 Å². The second kappa shape index (κ2) is 12.1. The Hall–Kier alpha value is -1.65. The number of guanidine groups is 1. The van der Waals surface area contributed by atoms with Crippen LogP contribution in [0.1, 0.15) is 18.1 Å². The monoisotopic (exact) mass is 511 g/mol. The minimum Gasteiger partial charge on any atom is -0.355 e. The Morgan fingerprint density at radius 1 is 1.10 bits per heavy atom. The first-order valence-corrected chi connectivity index (χ1v) is 10.1. The normalized spacial score (nSPS) is 16.9. The van der Waals surface area contributed by atoms with Crippen LogP contribution in [0.25, 0.3) is 0 Å². The van der Waals surface area contributed by atoms with Gasteiger partial charge in [-0.15, -0.1) is 24.0 Å². The lowest BCUT2D eigenvalue weighted by Crippen LogP contribution is -2.52. The first kappa shape index (κ1) is 23.6. The highest BCUT2D eigenvalue weighted by molar-refractivity contribution is 14.0. The number of hydrogen-bond donors (Lipinski definition) is 2. The fraction of sp³-hybridized carbons (Fsp3) is 0.524. The Bertz CT molecular complexity index is 739. The Morgan fingerprint density at radius 2 is 1.83 bits per heavy atom. The molecule has 0 radical (unpaired) electrons. The van der Waals surface area contributed by atoms with Crippen molar-refractivity contribution in [3.8, 4) is 0 Å². The van der Waals surface area contributed by atoms with Crippen LogP contribution in [0.2, 0.25) is 0 Å². The van der Waals surface area contributed by atoms with E-state index in [1.807, 2.05) is 30.2 Å². The SMILES string of the molecule is CN=C(NCc1ccccc1Cn1cccn1)NCC(C)N1CCN(C)CC1.I. The summed E-state index contributed by atoms with van der Waals surface area (Å²) in [5.41, 5.74) is 2.52. The fourth-order valence-corrected chi connectivity index (χ4v) is 3.49. The summed E-state index contributed by atoms with van der Waals surface area (Å²) in [5, 5.41) is 11.2. The summed E-state index contributed by atoms with van der Waals surface area (Å²) in [6, 6.07) is 10.9. The van der Waals surface area contributed by atoms with Crippen molar-refractivity contribution in [3.63, 3.8) is 0 Å². The van der Waals surface area contributed by atoms with Crippen molar-refractivity contribution in [1.82, 2.24) is 30.2 Å². The molecule has 8 heteroatoms. The highest BCUT2D eigenvalue weighted by Crippen LogP contribution is 2.10. The van der Waals surface area contributed by atoms with Gasteiger partial charge in [-0.05, 0) is 31.2 Å². The van der Waals surface area contributed by atoms with Crippen molar-refractivity contribution in [2.75, 3.05) is 46.8 Å². The van der Waals surface area contributed by atoms with E-state index in [0.717, 1.165) is 51.8 Å². The second-order valence-electron chi connectivity index (χ2n) is 7.47. The van der Waals surface area contributed by atoms with Gasteiger partial charge in [0.15, 0.2) is 5.96 Å². The lowest BCUT2D eigenvalue weighted by Gasteiger charge is -2.36. The number of benzene rings is 1. The summed E-state index contributed by atoms with van der Waals surface area (Å²) >= 11 is 0. The van der Waals surface area contributed by atoms with E-state index >= 15 is 0 Å². The van der Waals surface area contributed by atoms with Gasteiger partial charge in [0, 0.05) is 64.8 Å². The molecular weight excluding hydrogens is 477 g/mol. The number of piperazine rings is 1. The molecule has 1 fully saturated rings. The van der Waals surface area contributed by atoms with Gasteiger partial charge in [0.25, 0.3) is 0 Å². The third-order valence-corrected chi connectivity index (χ3v) is 5.41. The molecule has 0 spiro atoms. The molecule has 0 saturated carbocycles. The maximum Gasteiger partial charge on any atom is 0.191 e. The van der Waals surface area contributed by atoms with Crippen molar-refractivity contribution >= 4 is 29.9 Å². The molecule has 0 bridgehead atoms. The van der Waals surface area contributed by atoms with Crippen LogP contribution in [0.4, 0.5) is 0 Å². The predicted octanol–water partition coefficient (Wildman–Crippen LogP) is 1.85. The van der Waals surface area contributed by atoms with Crippen LogP contribution in [0.5, 0.6) is 0 Å². The van der Waals surface area contributed by atoms with E-state index in [-0.39, 0.29) is 24.0 Å². The molecule has 29 heavy (non-hydrogen) atoms. The molecule has 1 aliphatic rings. The standard InChI is InChI=1S/C21H33N7.HI/c1-18(27-13-11-26(3)12-14-27)15-23-21(22-2)24-16-19-7-4-5-8-20(19)17-28-10-6-9-25-28;/h4-10,18H,11-17H2,1-3H3,(H2,22,23,24);1H. The van der Waals surface area contributed by atoms with Crippen LogP contribution in [0, 0.1) is 0 Å². The highest BCUT2D eigenvalue weighted by atomic mass is 127. The molecule has 1 unspecified atom stereocenters. The first-order chi connectivity index (χ1) is 13.7. The molecule has 3 rings (SSSR count). The third-order valence-electron chi connectivity index (χ3n) is 5.41. The maximum atomic E-state index is 4.39. The van der Waals surface area contributed by atoms with E-state index in [1.165, 1.54) is 11.1 Å². The van der Waals surface area contributed by atoms with E-state index in [0.29, 0.717) is 6.04 Å². The van der Waals surface area contributed by atoms with E-state index in [9.17, 15) is 0 Å². The van der Waals surface area contributed by atoms with Crippen LogP contribution < -0.4 is 10.6 Å². The topological polar surface area (TPSA) is 60.7 Å². The number of rotatable bonds is 7. The number of likely N-dealkylation sites (N-methyl/N-ethyl adjacent to an activating group) is 1. The summed E-state index contributed by atoms with van der Waals surface area (Å²) in [5.74, 6) is 0.842.